The van der Waals surface area contributed by atoms with E-state index in [1.165, 1.54) is 57.2 Å². The van der Waals surface area contributed by atoms with E-state index in [9.17, 15) is 0 Å². The highest BCUT2D eigenvalue weighted by atomic mass is 32.2. The molecule has 0 amide bonds. The van der Waals surface area contributed by atoms with Crippen LogP contribution in [0, 0.1) is 5.92 Å². The molecular formula is C13H27NS. The third-order valence-electron chi connectivity index (χ3n) is 3.57. The zero-order chi connectivity index (χ0) is 10.9. The van der Waals surface area contributed by atoms with E-state index in [-0.39, 0.29) is 0 Å². The van der Waals surface area contributed by atoms with Gasteiger partial charge in [0.15, 0.2) is 0 Å². The topological polar surface area (TPSA) is 12.0 Å². The van der Waals surface area contributed by atoms with E-state index in [4.69, 9.17) is 0 Å². The Balaban J connectivity index is 2.00. The van der Waals surface area contributed by atoms with Crippen molar-refractivity contribution in [3.05, 3.63) is 0 Å². The lowest BCUT2D eigenvalue weighted by molar-refractivity contribution is 0.279. The van der Waals surface area contributed by atoms with Gasteiger partial charge in [0.1, 0.15) is 0 Å². The van der Waals surface area contributed by atoms with Gasteiger partial charge in [-0.1, -0.05) is 26.2 Å². The van der Waals surface area contributed by atoms with E-state index >= 15 is 0 Å². The second-order valence-corrected chi connectivity index (χ2v) is 5.78. The first-order valence-electron chi connectivity index (χ1n) is 6.59. The molecule has 2 atom stereocenters. The second kappa shape index (κ2) is 8.46. The lowest BCUT2D eigenvalue weighted by Gasteiger charge is -2.29. The minimum atomic E-state index is 0.831. The summed E-state index contributed by atoms with van der Waals surface area (Å²) in [6, 6.07) is 0.831. The summed E-state index contributed by atoms with van der Waals surface area (Å²) >= 11 is 1.96. The molecule has 2 heteroatoms. The lowest BCUT2D eigenvalue weighted by Crippen LogP contribution is -2.34. The minimum absolute atomic E-state index is 0.831. The quantitative estimate of drug-likeness (QED) is 0.668. The molecule has 0 heterocycles. The maximum atomic E-state index is 3.74. The third kappa shape index (κ3) is 5.82. The molecular weight excluding hydrogens is 202 g/mol. The van der Waals surface area contributed by atoms with Gasteiger partial charge in [0.25, 0.3) is 0 Å². The van der Waals surface area contributed by atoms with Crippen molar-refractivity contribution in [2.24, 2.45) is 5.92 Å². The zero-order valence-corrected chi connectivity index (χ0v) is 11.2. The van der Waals surface area contributed by atoms with Crippen LogP contribution in [0.1, 0.15) is 51.9 Å². The van der Waals surface area contributed by atoms with Gasteiger partial charge in [-0.15, -0.1) is 0 Å². The van der Waals surface area contributed by atoms with Crippen LogP contribution in [-0.2, 0) is 0 Å². The highest BCUT2D eigenvalue weighted by molar-refractivity contribution is 7.98. The van der Waals surface area contributed by atoms with Gasteiger partial charge in [-0.2, -0.15) is 11.8 Å². The number of nitrogens with one attached hydrogen (secondary N) is 1. The summed E-state index contributed by atoms with van der Waals surface area (Å²) in [7, 11) is 0. The maximum absolute atomic E-state index is 3.74. The Hall–Kier alpha value is 0.310. The van der Waals surface area contributed by atoms with E-state index in [0.29, 0.717) is 0 Å². The molecule has 2 unspecified atom stereocenters. The van der Waals surface area contributed by atoms with Gasteiger partial charge in [-0.3, -0.25) is 0 Å². The molecule has 0 saturated heterocycles. The first-order chi connectivity index (χ1) is 7.36. The highest BCUT2D eigenvalue weighted by Crippen LogP contribution is 2.26. The summed E-state index contributed by atoms with van der Waals surface area (Å²) in [5.41, 5.74) is 0. The van der Waals surface area contributed by atoms with Gasteiger partial charge in [-0.25, -0.2) is 0 Å². The van der Waals surface area contributed by atoms with E-state index in [0.717, 1.165) is 12.0 Å². The Labute approximate surface area is 99.8 Å². The van der Waals surface area contributed by atoms with Crippen molar-refractivity contribution in [1.82, 2.24) is 5.32 Å². The van der Waals surface area contributed by atoms with Crippen LogP contribution in [0.3, 0.4) is 0 Å². The maximum Gasteiger partial charge on any atom is 0.00697 e. The SMILES string of the molecule is CCC1CCCC(NCCCCSC)C1. The van der Waals surface area contributed by atoms with Crippen LogP contribution in [0.5, 0.6) is 0 Å². The molecule has 0 spiro atoms. The molecule has 1 aliphatic carbocycles. The third-order valence-corrected chi connectivity index (χ3v) is 4.27. The van der Waals surface area contributed by atoms with Crippen LogP contribution < -0.4 is 5.32 Å². The van der Waals surface area contributed by atoms with Crippen molar-refractivity contribution in [1.29, 1.82) is 0 Å². The van der Waals surface area contributed by atoms with Gasteiger partial charge >= 0.3 is 0 Å². The fraction of sp³-hybridized carbons (Fsp3) is 1.00. The number of thioether (sulfide) groups is 1. The van der Waals surface area contributed by atoms with Gasteiger partial charge in [0.05, 0.1) is 0 Å². The predicted molar refractivity (Wildman–Crippen MR) is 71.7 cm³/mol. The molecule has 1 nitrogen and oxygen atoms in total. The molecule has 0 aliphatic heterocycles. The molecule has 1 aliphatic rings. The summed E-state index contributed by atoms with van der Waals surface area (Å²) in [6.07, 6.45) is 12.1. The Morgan fingerprint density at radius 1 is 1.27 bits per heavy atom. The van der Waals surface area contributed by atoms with Gasteiger partial charge in [0, 0.05) is 6.04 Å². The summed E-state index contributed by atoms with van der Waals surface area (Å²) in [5.74, 6) is 2.33. The summed E-state index contributed by atoms with van der Waals surface area (Å²) in [5, 5.41) is 3.74. The largest absolute Gasteiger partial charge is 0.314 e. The normalized spacial score (nSPS) is 26.8. The standard InChI is InChI=1S/C13H27NS/c1-3-12-7-6-8-13(11-12)14-9-4-5-10-15-2/h12-14H,3-11H2,1-2H3. The fourth-order valence-corrected chi connectivity index (χ4v) is 3.02. The molecule has 1 fully saturated rings. The van der Waals surface area contributed by atoms with Crippen molar-refractivity contribution in [2.75, 3.05) is 18.6 Å². The highest BCUT2D eigenvalue weighted by Gasteiger charge is 2.19. The first kappa shape index (κ1) is 13.4. The number of unbranched alkanes of at least 4 members (excludes halogenated alkanes) is 1. The zero-order valence-electron chi connectivity index (χ0n) is 10.4. The van der Waals surface area contributed by atoms with Crippen molar-refractivity contribution >= 4 is 11.8 Å². The number of hydrogen-bond donors (Lipinski definition) is 1. The molecule has 0 aromatic rings. The molecule has 0 bridgehead atoms. The number of hydrogen-bond acceptors (Lipinski definition) is 2. The van der Waals surface area contributed by atoms with Crippen molar-refractivity contribution < 1.29 is 0 Å². The van der Waals surface area contributed by atoms with Crippen molar-refractivity contribution in [2.45, 2.75) is 57.9 Å². The number of rotatable bonds is 7. The van der Waals surface area contributed by atoms with Gasteiger partial charge in [-0.05, 0) is 50.2 Å². The smallest absolute Gasteiger partial charge is 0.00697 e. The van der Waals surface area contributed by atoms with Crippen LogP contribution in [-0.4, -0.2) is 24.6 Å². The molecule has 0 aromatic carbocycles. The predicted octanol–water partition coefficient (Wildman–Crippen LogP) is 3.69. The van der Waals surface area contributed by atoms with Crippen LogP contribution >= 0.6 is 11.8 Å². The molecule has 1 rings (SSSR count). The lowest BCUT2D eigenvalue weighted by atomic mass is 9.84. The molecule has 0 radical (unpaired) electrons. The second-order valence-electron chi connectivity index (χ2n) is 4.79. The average molecular weight is 229 g/mol. The fourth-order valence-electron chi connectivity index (χ4n) is 2.52. The van der Waals surface area contributed by atoms with Gasteiger partial charge < -0.3 is 5.32 Å². The van der Waals surface area contributed by atoms with Crippen LogP contribution in [0.4, 0.5) is 0 Å². The Morgan fingerprint density at radius 3 is 2.87 bits per heavy atom. The van der Waals surface area contributed by atoms with E-state index in [1.54, 1.807) is 0 Å². The van der Waals surface area contributed by atoms with Crippen LogP contribution in [0.15, 0.2) is 0 Å². The monoisotopic (exact) mass is 229 g/mol. The van der Waals surface area contributed by atoms with Crippen LogP contribution in [0.2, 0.25) is 0 Å². The first-order valence-corrected chi connectivity index (χ1v) is 7.98. The van der Waals surface area contributed by atoms with Gasteiger partial charge in [0.2, 0.25) is 0 Å². The molecule has 0 aromatic heterocycles. The van der Waals surface area contributed by atoms with Crippen molar-refractivity contribution in [3.8, 4) is 0 Å². The van der Waals surface area contributed by atoms with E-state index in [2.05, 4.69) is 18.5 Å². The molecule has 15 heavy (non-hydrogen) atoms. The van der Waals surface area contributed by atoms with E-state index < -0.39 is 0 Å². The summed E-state index contributed by atoms with van der Waals surface area (Å²) < 4.78 is 0. The Bertz CT molecular complexity index is 149. The van der Waals surface area contributed by atoms with Crippen molar-refractivity contribution in [3.63, 3.8) is 0 Å². The summed E-state index contributed by atoms with van der Waals surface area (Å²) in [4.78, 5) is 0. The molecule has 1 saturated carbocycles. The molecule has 1 N–H and O–H groups in total. The Kier molecular flexibility index (Phi) is 7.54. The minimum Gasteiger partial charge on any atom is -0.314 e. The van der Waals surface area contributed by atoms with Crippen LogP contribution in [0.25, 0.3) is 0 Å². The molecule has 90 valence electrons. The Morgan fingerprint density at radius 2 is 2.13 bits per heavy atom. The average Bonchev–Trinajstić information content (AvgIpc) is 2.29. The summed E-state index contributed by atoms with van der Waals surface area (Å²) in [6.45, 7) is 3.58. The van der Waals surface area contributed by atoms with E-state index in [1.807, 2.05) is 11.8 Å².